The topological polar surface area (TPSA) is 52.8 Å². The molecule has 0 N–H and O–H groups in total. The molecule has 1 saturated heterocycles. The van der Waals surface area contributed by atoms with E-state index in [4.69, 9.17) is 5.26 Å². The predicted octanol–water partition coefficient (Wildman–Crippen LogP) is 0.745. The van der Waals surface area contributed by atoms with Gasteiger partial charge in [0.1, 0.15) is 0 Å². The second kappa shape index (κ2) is 3.02. The van der Waals surface area contributed by atoms with Crippen LogP contribution < -0.4 is 4.90 Å². The van der Waals surface area contributed by atoms with Crippen LogP contribution in [0.5, 0.6) is 0 Å². The van der Waals surface area contributed by atoms with Crippen LogP contribution in [0.4, 0.5) is 5.95 Å². The van der Waals surface area contributed by atoms with E-state index in [0.717, 1.165) is 24.7 Å². The predicted molar refractivity (Wildman–Crippen MR) is 48.1 cm³/mol. The fourth-order valence-corrected chi connectivity index (χ4v) is 1.31. The average molecular weight is 174 g/mol. The van der Waals surface area contributed by atoms with Crippen LogP contribution in [0, 0.1) is 24.2 Å². The van der Waals surface area contributed by atoms with Crippen molar-refractivity contribution in [3.63, 3.8) is 0 Å². The quantitative estimate of drug-likeness (QED) is 0.630. The number of anilines is 1. The van der Waals surface area contributed by atoms with E-state index < -0.39 is 0 Å². The lowest BCUT2D eigenvalue weighted by Crippen LogP contribution is -2.46. The van der Waals surface area contributed by atoms with Gasteiger partial charge in [0.25, 0.3) is 0 Å². The van der Waals surface area contributed by atoms with Crippen molar-refractivity contribution in [2.45, 2.75) is 6.92 Å². The fraction of sp³-hybridized carbons (Fsp3) is 0.444. The highest BCUT2D eigenvalue weighted by atomic mass is 15.3. The van der Waals surface area contributed by atoms with Crippen molar-refractivity contribution in [2.75, 3.05) is 18.0 Å². The summed E-state index contributed by atoms with van der Waals surface area (Å²) in [5, 5.41) is 8.59. The third-order valence-electron chi connectivity index (χ3n) is 2.13. The SMILES string of the molecule is Cc1ccnc(N2CC(C#N)C2)n1. The second-order valence-corrected chi connectivity index (χ2v) is 3.23. The van der Waals surface area contributed by atoms with Crippen LogP contribution in [-0.4, -0.2) is 23.1 Å². The Morgan fingerprint density at radius 1 is 1.62 bits per heavy atom. The van der Waals surface area contributed by atoms with Gasteiger partial charge in [0.15, 0.2) is 0 Å². The number of aryl methyl sites for hydroxylation is 1. The molecule has 0 bridgehead atoms. The van der Waals surface area contributed by atoms with Crippen LogP contribution in [0.1, 0.15) is 5.69 Å². The van der Waals surface area contributed by atoms with Gasteiger partial charge in [-0.2, -0.15) is 5.26 Å². The van der Waals surface area contributed by atoms with Gasteiger partial charge in [-0.1, -0.05) is 0 Å². The standard InChI is InChI=1S/C9H10N4/c1-7-2-3-11-9(12-7)13-5-8(4-10)6-13/h2-3,8H,5-6H2,1H3. The number of nitrogens with zero attached hydrogens (tertiary/aromatic N) is 4. The third kappa shape index (κ3) is 1.45. The molecule has 1 aromatic heterocycles. The third-order valence-corrected chi connectivity index (χ3v) is 2.13. The van der Waals surface area contributed by atoms with Crippen LogP contribution in [0.3, 0.4) is 0 Å². The summed E-state index contributed by atoms with van der Waals surface area (Å²) in [5.74, 6) is 0.899. The first-order valence-electron chi connectivity index (χ1n) is 4.24. The molecule has 4 nitrogen and oxygen atoms in total. The molecule has 0 amide bonds. The highest BCUT2D eigenvalue weighted by Gasteiger charge is 2.28. The van der Waals surface area contributed by atoms with Gasteiger partial charge in [0.2, 0.25) is 5.95 Å². The van der Waals surface area contributed by atoms with Crippen molar-refractivity contribution in [3.8, 4) is 6.07 Å². The van der Waals surface area contributed by atoms with Gasteiger partial charge in [0.05, 0.1) is 12.0 Å². The lowest BCUT2D eigenvalue weighted by molar-refractivity contribution is 0.493. The molecule has 0 aliphatic carbocycles. The lowest BCUT2D eigenvalue weighted by Gasteiger charge is -2.35. The van der Waals surface area contributed by atoms with Gasteiger partial charge in [-0.3, -0.25) is 0 Å². The van der Waals surface area contributed by atoms with Crippen LogP contribution >= 0.6 is 0 Å². The van der Waals surface area contributed by atoms with Gasteiger partial charge in [0, 0.05) is 25.0 Å². The Hall–Kier alpha value is -1.63. The van der Waals surface area contributed by atoms with Crippen molar-refractivity contribution in [2.24, 2.45) is 5.92 Å². The molecule has 0 atom stereocenters. The first kappa shape index (κ1) is 7.99. The molecule has 1 aliphatic heterocycles. The largest absolute Gasteiger partial charge is 0.338 e. The molecule has 0 unspecified atom stereocenters. The summed E-state index contributed by atoms with van der Waals surface area (Å²) in [6.45, 7) is 3.46. The Morgan fingerprint density at radius 3 is 3.00 bits per heavy atom. The normalized spacial score (nSPS) is 16.5. The molecule has 1 aromatic rings. The van der Waals surface area contributed by atoms with E-state index in [1.54, 1.807) is 6.20 Å². The van der Waals surface area contributed by atoms with E-state index in [0.29, 0.717) is 0 Å². The zero-order valence-corrected chi connectivity index (χ0v) is 7.44. The molecule has 0 aromatic carbocycles. The van der Waals surface area contributed by atoms with E-state index in [2.05, 4.69) is 16.0 Å². The molecular formula is C9H10N4. The van der Waals surface area contributed by atoms with E-state index in [-0.39, 0.29) is 5.92 Å². The minimum atomic E-state index is 0.157. The smallest absolute Gasteiger partial charge is 0.225 e. The van der Waals surface area contributed by atoms with E-state index in [1.807, 2.05) is 17.9 Å². The van der Waals surface area contributed by atoms with E-state index in [1.165, 1.54) is 0 Å². The monoisotopic (exact) mass is 174 g/mol. The average Bonchev–Trinajstić information content (AvgIpc) is 2.02. The van der Waals surface area contributed by atoms with Crippen LogP contribution in [0.25, 0.3) is 0 Å². The molecule has 13 heavy (non-hydrogen) atoms. The van der Waals surface area contributed by atoms with Gasteiger partial charge >= 0.3 is 0 Å². The Bertz CT molecular complexity index is 349. The maximum Gasteiger partial charge on any atom is 0.225 e. The number of rotatable bonds is 1. The number of aromatic nitrogens is 2. The molecular weight excluding hydrogens is 164 g/mol. The minimum absolute atomic E-state index is 0.157. The Kier molecular flexibility index (Phi) is 1.85. The van der Waals surface area contributed by atoms with Crippen LogP contribution in [0.2, 0.25) is 0 Å². The molecule has 0 saturated carbocycles. The molecule has 66 valence electrons. The van der Waals surface area contributed by atoms with Crippen molar-refractivity contribution < 1.29 is 0 Å². The Morgan fingerprint density at radius 2 is 2.38 bits per heavy atom. The summed E-state index contributed by atoms with van der Waals surface area (Å²) in [6.07, 6.45) is 1.75. The van der Waals surface area contributed by atoms with Crippen molar-refractivity contribution in [1.82, 2.24) is 9.97 Å². The van der Waals surface area contributed by atoms with Gasteiger partial charge in [-0.25, -0.2) is 9.97 Å². The number of hydrogen-bond donors (Lipinski definition) is 0. The fourth-order valence-electron chi connectivity index (χ4n) is 1.31. The van der Waals surface area contributed by atoms with Crippen LogP contribution in [0.15, 0.2) is 12.3 Å². The summed E-state index contributed by atoms with van der Waals surface area (Å²) >= 11 is 0. The first-order valence-corrected chi connectivity index (χ1v) is 4.24. The Labute approximate surface area is 76.8 Å². The maximum atomic E-state index is 8.59. The maximum absolute atomic E-state index is 8.59. The van der Waals surface area contributed by atoms with Crippen molar-refractivity contribution >= 4 is 5.95 Å². The van der Waals surface area contributed by atoms with Crippen LogP contribution in [-0.2, 0) is 0 Å². The molecule has 4 heteroatoms. The minimum Gasteiger partial charge on any atom is -0.338 e. The highest BCUT2D eigenvalue weighted by Crippen LogP contribution is 2.19. The lowest BCUT2D eigenvalue weighted by atomic mass is 10.0. The molecule has 0 spiro atoms. The highest BCUT2D eigenvalue weighted by molar-refractivity contribution is 5.35. The van der Waals surface area contributed by atoms with Gasteiger partial charge in [-0.15, -0.1) is 0 Å². The Balaban J connectivity index is 2.08. The second-order valence-electron chi connectivity index (χ2n) is 3.23. The summed E-state index contributed by atoms with van der Waals surface area (Å²) in [6, 6.07) is 4.08. The summed E-state index contributed by atoms with van der Waals surface area (Å²) in [5.41, 5.74) is 0.963. The molecule has 1 fully saturated rings. The summed E-state index contributed by atoms with van der Waals surface area (Å²) in [7, 11) is 0. The molecule has 2 rings (SSSR count). The van der Waals surface area contributed by atoms with Gasteiger partial charge < -0.3 is 4.90 Å². The van der Waals surface area contributed by atoms with Gasteiger partial charge in [-0.05, 0) is 13.0 Å². The van der Waals surface area contributed by atoms with E-state index in [9.17, 15) is 0 Å². The summed E-state index contributed by atoms with van der Waals surface area (Å²) in [4.78, 5) is 10.4. The molecule has 1 aliphatic rings. The zero-order valence-electron chi connectivity index (χ0n) is 7.44. The first-order chi connectivity index (χ1) is 6.29. The number of hydrogen-bond acceptors (Lipinski definition) is 4. The molecule has 2 heterocycles. The summed E-state index contributed by atoms with van der Waals surface area (Å²) < 4.78 is 0. The molecule has 0 radical (unpaired) electrons. The zero-order chi connectivity index (χ0) is 9.26. The van der Waals surface area contributed by atoms with Crippen molar-refractivity contribution in [1.29, 1.82) is 5.26 Å². The van der Waals surface area contributed by atoms with Crippen molar-refractivity contribution in [3.05, 3.63) is 18.0 Å². The number of nitriles is 1. The van der Waals surface area contributed by atoms with E-state index >= 15 is 0 Å².